The van der Waals surface area contributed by atoms with E-state index in [9.17, 15) is 14.4 Å². The zero-order valence-corrected chi connectivity index (χ0v) is 20.2. The second kappa shape index (κ2) is 9.40. The van der Waals surface area contributed by atoms with Crippen molar-refractivity contribution in [3.8, 4) is 28.6 Å². The van der Waals surface area contributed by atoms with Gasteiger partial charge >= 0.3 is 0 Å². The molecule has 5 rings (SSSR count). The first-order chi connectivity index (χ1) is 17.4. The second-order valence-electron chi connectivity index (χ2n) is 8.87. The van der Waals surface area contributed by atoms with Crippen molar-refractivity contribution >= 4 is 16.7 Å². The molecule has 1 fully saturated rings. The number of pyridine rings is 1. The molecule has 0 radical (unpaired) electrons. The summed E-state index contributed by atoms with van der Waals surface area (Å²) in [6.45, 7) is 0.804. The quantitative estimate of drug-likeness (QED) is 0.458. The fourth-order valence-corrected chi connectivity index (χ4v) is 4.66. The third-order valence-corrected chi connectivity index (χ3v) is 6.45. The van der Waals surface area contributed by atoms with Crippen molar-refractivity contribution in [2.75, 3.05) is 32.6 Å². The van der Waals surface area contributed by atoms with Crippen LogP contribution in [0.2, 0.25) is 0 Å². The maximum atomic E-state index is 14.7. The maximum absolute atomic E-state index is 14.7. The summed E-state index contributed by atoms with van der Waals surface area (Å²) in [5.74, 6) is 0.755. The average Bonchev–Trinajstić information content (AvgIpc) is 3.43. The second-order valence-corrected chi connectivity index (χ2v) is 8.87. The van der Waals surface area contributed by atoms with Gasteiger partial charge in [0, 0.05) is 37.5 Å². The lowest BCUT2D eigenvalue weighted by atomic mass is 9.97. The molecule has 1 N–H and O–H groups in total. The first kappa shape index (κ1) is 23.5. The molecule has 0 bridgehead atoms. The highest BCUT2D eigenvalue weighted by atomic mass is 19.1. The number of anilines is 1. The van der Waals surface area contributed by atoms with Crippen molar-refractivity contribution in [3.63, 3.8) is 0 Å². The number of hydrogen-bond acceptors (Lipinski definition) is 7. The summed E-state index contributed by atoms with van der Waals surface area (Å²) in [6, 6.07) is 13.5. The van der Waals surface area contributed by atoms with E-state index in [1.54, 1.807) is 24.4 Å². The van der Waals surface area contributed by atoms with Crippen LogP contribution in [0.3, 0.4) is 0 Å². The van der Waals surface area contributed by atoms with Gasteiger partial charge in [-0.3, -0.25) is 9.36 Å². The molecule has 2 aromatic heterocycles. The van der Waals surface area contributed by atoms with Gasteiger partial charge in [-0.1, -0.05) is 0 Å². The number of methoxy groups -OCH3 is 1. The topological polar surface area (TPSA) is 96.1 Å². The number of fused-ring (bicyclic) bond motifs is 1. The van der Waals surface area contributed by atoms with Crippen LogP contribution in [0.25, 0.3) is 27.7 Å². The molecule has 0 aliphatic carbocycles. The number of rotatable bonds is 5. The molecule has 4 aromatic rings. The summed E-state index contributed by atoms with van der Waals surface area (Å²) in [7, 11) is 5.16. The van der Waals surface area contributed by atoms with Gasteiger partial charge in [-0.25, -0.2) is 14.4 Å². The standard InChI is InChI=1S/C27H25FN6O2/c1-33(2)23-11-7-17(15-31-23)24-16(14-29)6-9-20-25(24)27(35)34(26(32-20)21-5-4-12-30-21)18-8-10-22(36-3)19(28)13-18/h6-11,13,15,21,30H,4-5,12H2,1-3H3. The van der Waals surface area contributed by atoms with Gasteiger partial charge in [-0.05, 0) is 55.8 Å². The number of nitrogens with zero attached hydrogens (tertiary/aromatic N) is 5. The minimum absolute atomic E-state index is 0.0839. The van der Waals surface area contributed by atoms with Crippen LogP contribution in [-0.4, -0.2) is 42.3 Å². The fourth-order valence-electron chi connectivity index (χ4n) is 4.66. The SMILES string of the molecule is COc1ccc(-n2c(C3CCCN3)nc3ccc(C#N)c(-c4ccc(N(C)C)nc4)c3c2=O)cc1F. The molecule has 2 aromatic carbocycles. The van der Waals surface area contributed by atoms with Gasteiger partial charge in [-0.2, -0.15) is 5.26 Å². The molecule has 0 spiro atoms. The van der Waals surface area contributed by atoms with E-state index in [0.717, 1.165) is 25.2 Å². The van der Waals surface area contributed by atoms with Crippen molar-refractivity contribution in [2.45, 2.75) is 18.9 Å². The Morgan fingerprint density at radius 1 is 1.22 bits per heavy atom. The van der Waals surface area contributed by atoms with E-state index in [-0.39, 0.29) is 22.7 Å². The van der Waals surface area contributed by atoms with Crippen molar-refractivity contribution in [2.24, 2.45) is 0 Å². The molecule has 0 saturated carbocycles. The van der Waals surface area contributed by atoms with Crippen LogP contribution in [0.15, 0.2) is 53.5 Å². The molecule has 182 valence electrons. The normalized spacial score (nSPS) is 15.1. The lowest BCUT2D eigenvalue weighted by Gasteiger charge is -2.20. The minimum Gasteiger partial charge on any atom is -0.494 e. The highest BCUT2D eigenvalue weighted by Crippen LogP contribution is 2.32. The monoisotopic (exact) mass is 484 g/mol. The number of aromatic nitrogens is 3. The molecule has 8 nitrogen and oxygen atoms in total. The van der Waals surface area contributed by atoms with Crippen molar-refractivity contribution in [1.82, 2.24) is 19.9 Å². The van der Waals surface area contributed by atoms with Gasteiger partial charge in [-0.15, -0.1) is 0 Å². The van der Waals surface area contributed by atoms with E-state index in [0.29, 0.717) is 33.7 Å². The molecule has 1 atom stereocenters. The maximum Gasteiger partial charge on any atom is 0.266 e. The van der Waals surface area contributed by atoms with Gasteiger partial charge in [0.1, 0.15) is 11.6 Å². The summed E-state index contributed by atoms with van der Waals surface area (Å²) >= 11 is 0. The first-order valence-corrected chi connectivity index (χ1v) is 11.6. The zero-order valence-electron chi connectivity index (χ0n) is 20.2. The number of ether oxygens (including phenoxy) is 1. The van der Waals surface area contributed by atoms with Gasteiger partial charge < -0.3 is 15.0 Å². The van der Waals surface area contributed by atoms with Crippen molar-refractivity contribution < 1.29 is 9.13 Å². The van der Waals surface area contributed by atoms with Crippen LogP contribution in [0.5, 0.6) is 5.75 Å². The summed E-state index contributed by atoms with van der Waals surface area (Å²) in [5, 5.41) is 13.6. The highest BCUT2D eigenvalue weighted by Gasteiger charge is 2.26. The predicted molar refractivity (Wildman–Crippen MR) is 136 cm³/mol. The molecule has 1 saturated heterocycles. The predicted octanol–water partition coefficient (Wildman–Crippen LogP) is 3.96. The Morgan fingerprint density at radius 2 is 2.06 bits per heavy atom. The van der Waals surface area contributed by atoms with E-state index < -0.39 is 5.82 Å². The molecule has 1 aliphatic rings. The number of nitriles is 1. The van der Waals surface area contributed by atoms with Crippen molar-refractivity contribution in [1.29, 1.82) is 5.26 Å². The van der Waals surface area contributed by atoms with Crippen LogP contribution in [0, 0.1) is 17.1 Å². The minimum atomic E-state index is -0.582. The Morgan fingerprint density at radius 3 is 2.67 bits per heavy atom. The number of hydrogen-bond donors (Lipinski definition) is 1. The van der Waals surface area contributed by atoms with Crippen LogP contribution in [0.4, 0.5) is 10.2 Å². The van der Waals surface area contributed by atoms with Crippen LogP contribution < -0.4 is 20.5 Å². The van der Waals surface area contributed by atoms with Gasteiger partial charge in [0.25, 0.3) is 5.56 Å². The molecular weight excluding hydrogens is 459 g/mol. The largest absolute Gasteiger partial charge is 0.494 e. The molecule has 0 amide bonds. The molecular formula is C27H25FN6O2. The Kier molecular flexibility index (Phi) is 6.12. The van der Waals surface area contributed by atoms with E-state index >= 15 is 0 Å². The molecule has 1 unspecified atom stereocenters. The molecule has 1 aliphatic heterocycles. The summed E-state index contributed by atoms with van der Waals surface area (Å²) < 4.78 is 21.2. The Hall–Kier alpha value is -4.29. The smallest absolute Gasteiger partial charge is 0.266 e. The molecule has 3 heterocycles. The Balaban J connectivity index is 1.84. The highest BCUT2D eigenvalue weighted by molar-refractivity contribution is 5.97. The van der Waals surface area contributed by atoms with E-state index in [4.69, 9.17) is 9.72 Å². The zero-order chi connectivity index (χ0) is 25.4. The third-order valence-electron chi connectivity index (χ3n) is 6.45. The van der Waals surface area contributed by atoms with Gasteiger partial charge in [0.15, 0.2) is 11.6 Å². The van der Waals surface area contributed by atoms with Crippen LogP contribution in [0.1, 0.15) is 30.3 Å². The summed E-state index contributed by atoms with van der Waals surface area (Å²) in [5.41, 5.74) is 1.85. The molecule has 9 heteroatoms. The number of benzene rings is 2. The molecule has 36 heavy (non-hydrogen) atoms. The van der Waals surface area contributed by atoms with Crippen LogP contribution >= 0.6 is 0 Å². The third kappa shape index (κ3) is 3.95. The van der Waals surface area contributed by atoms with Gasteiger partial charge in [0.05, 0.1) is 41.4 Å². The Labute approximate surface area is 207 Å². The Bertz CT molecular complexity index is 1550. The fraction of sp³-hybridized carbons (Fsp3) is 0.259. The summed E-state index contributed by atoms with van der Waals surface area (Å²) in [6.07, 6.45) is 3.39. The number of halogens is 1. The van der Waals surface area contributed by atoms with E-state index in [1.165, 1.54) is 23.8 Å². The number of nitrogens with one attached hydrogen (secondary N) is 1. The van der Waals surface area contributed by atoms with E-state index in [2.05, 4.69) is 16.4 Å². The average molecular weight is 485 g/mol. The lowest BCUT2D eigenvalue weighted by Crippen LogP contribution is -2.29. The summed E-state index contributed by atoms with van der Waals surface area (Å²) in [4.78, 5) is 25.4. The van der Waals surface area contributed by atoms with Crippen molar-refractivity contribution in [3.05, 3.63) is 76.2 Å². The van der Waals surface area contributed by atoms with Gasteiger partial charge in [0.2, 0.25) is 0 Å². The van der Waals surface area contributed by atoms with E-state index in [1.807, 2.05) is 31.1 Å². The lowest BCUT2D eigenvalue weighted by molar-refractivity contribution is 0.386. The van der Waals surface area contributed by atoms with Crippen LogP contribution in [-0.2, 0) is 0 Å². The first-order valence-electron chi connectivity index (χ1n) is 11.6.